The van der Waals surface area contributed by atoms with Gasteiger partial charge in [0.1, 0.15) is 11.9 Å². The second-order valence-electron chi connectivity index (χ2n) is 3.56. The minimum Gasteiger partial charge on any atom is -0.491 e. The molecule has 1 aromatic rings. The van der Waals surface area contributed by atoms with Crippen LogP contribution in [0.4, 0.5) is 0 Å². The van der Waals surface area contributed by atoms with Gasteiger partial charge < -0.3 is 9.47 Å². The Kier molecular flexibility index (Phi) is 2.23. The summed E-state index contributed by atoms with van der Waals surface area (Å²) in [5.41, 5.74) is 1.25. The minimum absolute atomic E-state index is 0.239. The fourth-order valence-electron chi connectivity index (χ4n) is 1.27. The van der Waals surface area contributed by atoms with Gasteiger partial charge in [0.2, 0.25) is 0 Å². The molecule has 1 saturated heterocycles. The fourth-order valence-corrected chi connectivity index (χ4v) is 1.27. The van der Waals surface area contributed by atoms with Gasteiger partial charge in [0.05, 0.1) is 12.7 Å². The summed E-state index contributed by atoms with van der Waals surface area (Å²) < 4.78 is 10.7. The number of ether oxygens (including phenoxy) is 2. The van der Waals surface area contributed by atoms with Gasteiger partial charge in [-0.25, -0.2) is 0 Å². The third-order valence-corrected chi connectivity index (χ3v) is 1.96. The van der Waals surface area contributed by atoms with Crippen LogP contribution >= 0.6 is 0 Å². The normalized spacial score (nSPS) is 20.4. The molecule has 0 N–H and O–H groups in total. The molecule has 1 atom stereocenters. The molecule has 1 aliphatic rings. The first-order valence-electron chi connectivity index (χ1n) is 4.64. The van der Waals surface area contributed by atoms with Gasteiger partial charge in [-0.1, -0.05) is 12.1 Å². The first-order chi connectivity index (χ1) is 6.25. The average molecular weight is 178 g/mol. The van der Waals surface area contributed by atoms with Gasteiger partial charge in [-0.2, -0.15) is 0 Å². The Morgan fingerprint density at radius 2 is 1.92 bits per heavy atom. The van der Waals surface area contributed by atoms with Crippen LogP contribution in [-0.4, -0.2) is 12.7 Å². The molecule has 0 unspecified atom stereocenters. The molecule has 70 valence electrons. The lowest BCUT2D eigenvalue weighted by Crippen LogP contribution is -2.05. The average Bonchev–Trinajstić information content (AvgIpc) is 2.87. The van der Waals surface area contributed by atoms with Crippen LogP contribution in [0.15, 0.2) is 24.3 Å². The zero-order chi connectivity index (χ0) is 9.26. The van der Waals surface area contributed by atoms with E-state index in [-0.39, 0.29) is 6.10 Å². The summed E-state index contributed by atoms with van der Waals surface area (Å²) in [6, 6.07) is 8.12. The lowest BCUT2D eigenvalue weighted by Gasteiger charge is -2.09. The van der Waals surface area contributed by atoms with E-state index in [1.165, 1.54) is 5.56 Å². The molecule has 1 heterocycles. The number of hydrogen-bond acceptors (Lipinski definition) is 2. The number of hydrogen-bond donors (Lipinski definition) is 0. The summed E-state index contributed by atoms with van der Waals surface area (Å²) >= 11 is 0. The summed E-state index contributed by atoms with van der Waals surface area (Å²) in [5.74, 6) is 0.930. The maximum atomic E-state index is 5.53. The predicted molar refractivity (Wildman–Crippen MR) is 50.9 cm³/mol. The number of benzene rings is 1. The first kappa shape index (κ1) is 8.57. The van der Waals surface area contributed by atoms with E-state index in [0.717, 1.165) is 12.4 Å². The third kappa shape index (κ3) is 2.22. The lowest BCUT2D eigenvalue weighted by molar-refractivity contribution is 0.242. The van der Waals surface area contributed by atoms with E-state index in [1.807, 2.05) is 26.0 Å². The van der Waals surface area contributed by atoms with Crippen molar-refractivity contribution in [3.05, 3.63) is 29.8 Å². The summed E-state index contributed by atoms with van der Waals surface area (Å²) in [4.78, 5) is 0. The quantitative estimate of drug-likeness (QED) is 0.663. The molecule has 1 aromatic carbocycles. The standard InChI is InChI=1S/C11H14O2/c1-8(2)13-10-5-3-9(4-6-10)11-7-12-11/h3-6,8,11H,7H2,1-2H3/t11-/m0/s1. The number of rotatable bonds is 3. The highest BCUT2D eigenvalue weighted by atomic mass is 16.6. The van der Waals surface area contributed by atoms with Crippen LogP contribution in [-0.2, 0) is 4.74 Å². The van der Waals surface area contributed by atoms with Crippen LogP contribution in [0, 0.1) is 0 Å². The highest BCUT2D eigenvalue weighted by Gasteiger charge is 2.24. The first-order valence-corrected chi connectivity index (χ1v) is 4.64. The van der Waals surface area contributed by atoms with E-state index >= 15 is 0 Å². The van der Waals surface area contributed by atoms with Crippen LogP contribution in [0.25, 0.3) is 0 Å². The van der Waals surface area contributed by atoms with Crippen LogP contribution in [0.2, 0.25) is 0 Å². The third-order valence-electron chi connectivity index (χ3n) is 1.96. The topological polar surface area (TPSA) is 21.8 Å². The van der Waals surface area contributed by atoms with E-state index in [9.17, 15) is 0 Å². The summed E-state index contributed by atoms with van der Waals surface area (Å²) in [5, 5.41) is 0. The fraction of sp³-hybridized carbons (Fsp3) is 0.455. The molecule has 2 rings (SSSR count). The van der Waals surface area contributed by atoms with E-state index in [0.29, 0.717) is 6.10 Å². The Morgan fingerprint density at radius 1 is 1.31 bits per heavy atom. The van der Waals surface area contributed by atoms with E-state index in [1.54, 1.807) is 0 Å². The second-order valence-corrected chi connectivity index (χ2v) is 3.56. The molecule has 1 aliphatic heterocycles. The van der Waals surface area contributed by atoms with Gasteiger partial charge >= 0.3 is 0 Å². The zero-order valence-corrected chi connectivity index (χ0v) is 7.99. The van der Waals surface area contributed by atoms with Crippen molar-refractivity contribution in [3.8, 4) is 5.75 Å². The predicted octanol–water partition coefficient (Wildman–Crippen LogP) is 2.55. The van der Waals surface area contributed by atoms with Crippen molar-refractivity contribution in [2.75, 3.05) is 6.61 Å². The molecule has 0 aliphatic carbocycles. The van der Waals surface area contributed by atoms with Crippen molar-refractivity contribution in [1.29, 1.82) is 0 Å². The molecule has 1 fully saturated rings. The SMILES string of the molecule is CC(C)Oc1ccc([C@@H]2CO2)cc1. The molecule has 2 heteroatoms. The number of epoxide rings is 1. The Labute approximate surface area is 78.5 Å². The van der Waals surface area contributed by atoms with Crippen molar-refractivity contribution in [3.63, 3.8) is 0 Å². The van der Waals surface area contributed by atoms with Gasteiger partial charge in [0.25, 0.3) is 0 Å². The van der Waals surface area contributed by atoms with Gasteiger partial charge in [-0.05, 0) is 31.5 Å². The Hall–Kier alpha value is -1.02. The molecule has 0 radical (unpaired) electrons. The van der Waals surface area contributed by atoms with Gasteiger partial charge in [-0.15, -0.1) is 0 Å². The van der Waals surface area contributed by atoms with Crippen LogP contribution in [0.3, 0.4) is 0 Å². The molecule has 0 bridgehead atoms. The second kappa shape index (κ2) is 3.38. The van der Waals surface area contributed by atoms with Crippen molar-refractivity contribution in [1.82, 2.24) is 0 Å². The monoisotopic (exact) mass is 178 g/mol. The summed E-state index contributed by atoms with van der Waals surface area (Å²) in [6.07, 6.45) is 0.580. The van der Waals surface area contributed by atoms with Crippen LogP contribution in [0.5, 0.6) is 5.75 Å². The molecule has 13 heavy (non-hydrogen) atoms. The Bertz CT molecular complexity index is 273. The molecule has 2 nitrogen and oxygen atoms in total. The van der Waals surface area contributed by atoms with E-state index in [4.69, 9.17) is 9.47 Å². The van der Waals surface area contributed by atoms with Crippen molar-refractivity contribution in [2.24, 2.45) is 0 Å². The van der Waals surface area contributed by atoms with Gasteiger partial charge in [0.15, 0.2) is 0 Å². The maximum absolute atomic E-state index is 5.53. The molecule has 0 spiro atoms. The molecule has 0 aromatic heterocycles. The smallest absolute Gasteiger partial charge is 0.119 e. The minimum atomic E-state index is 0.239. The molecule has 0 amide bonds. The van der Waals surface area contributed by atoms with E-state index in [2.05, 4.69) is 12.1 Å². The van der Waals surface area contributed by atoms with Crippen LogP contribution < -0.4 is 4.74 Å². The molecule has 0 saturated carbocycles. The summed E-state index contributed by atoms with van der Waals surface area (Å²) in [7, 11) is 0. The van der Waals surface area contributed by atoms with E-state index < -0.39 is 0 Å². The summed E-state index contributed by atoms with van der Waals surface area (Å²) in [6.45, 7) is 4.92. The van der Waals surface area contributed by atoms with Crippen molar-refractivity contribution >= 4 is 0 Å². The Balaban J connectivity index is 2.04. The zero-order valence-electron chi connectivity index (χ0n) is 7.99. The highest BCUT2D eigenvalue weighted by Crippen LogP contribution is 2.30. The van der Waals surface area contributed by atoms with Crippen molar-refractivity contribution < 1.29 is 9.47 Å². The Morgan fingerprint density at radius 3 is 2.38 bits per heavy atom. The highest BCUT2D eigenvalue weighted by molar-refractivity contribution is 5.29. The van der Waals surface area contributed by atoms with Crippen molar-refractivity contribution in [2.45, 2.75) is 26.1 Å². The van der Waals surface area contributed by atoms with Crippen LogP contribution in [0.1, 0.15) is 25.5 Å². The lowest BCUT2D eigenvalue weighted by atomic mass is 10.1. The molecular weight excluding hydrogens is 164 g/mol. The van der Waals surface area contributed by atoms with Gasteiger partial charge in [0, 0.05) is 0 Å². The largest absolute Gasteiger partial charge is 0.491 e. The molecular formula is C11H14O2. The maximum Gasteiger partial charge on any atom is 0.119 e. The van der Waals surface area contributed by atoms with Gasteiger partial charge in [-0.3, -0.25) is 0 Å².